The summed E-state index contributed by atoms with van der Waals surface area (Å²) in [6.07, 6.45) is -1.02. The molecular formula is C22H23ClN2O6. The van der Waals surface area contributed by atoms with Crippen molar-refractivity contribution >= 4 is 23.5 Å². The Bertz CT molecular complexity index is 982. The Kier molecular flexibility index (Phi) is 6.04. The summed E-state index contributed by atoms with van der Waals surface area (Å²) in [7, 11) is 0. The first-order chi connectivity index (χ1) is 14.9. The number of aliphatic hydroxyl groups excluding tert-OH is 1. The predicted molar refractivity (Wildman–Crippen MR) is 112 cm³/mol. The second-order valence-corrected chi connectivity index (χ2v) is 8.06. The summed E-state index contributed by atoms with van der Waals surface area (Å²) in [4.78, 5) is 26.6. The van der Waals surface area contributed by atoms with Gasteiger partial charge in [-0.3, -0.25) is 9.69 Å². The predicted octanol–water partition coefficient (Wildman–Crippen LogP) is 2.46. The summed E-state index contributed by atoms with van der Waals surface area (Å²) in [5.74, 6) is 0.674. The number of rotatable bonds is 7. The van der Waals surface area contributed by atoms with Gasteiger partial charge in [0.15, 0.2) is 11.5 Å². The summed E-state index contributed by atoms with van der Waals surface area (Å²) in [6.45, 7) is 2.59. The van der Waals surface area contributed by atoms with E-state index in [1.54, 1.807) is 37.3 Å². The van der Waals surface area contributed by atoms with Gasteiger partial charge < -0.3 is 24.6 Å². The molecule has 0 radical (unpaired) electrons. The van der Waals surface area contributed by atoms with E-state index in [1.165, 1.54) is 0 Å². The maximum Gasteiger partial charge on any atom is 0.325 e. The van der Waals surface area contributed by atoms with E-state index in [4.69, 9.17) is 25.8 Å². The van der Waals surface area contributed by atoms with Crippen LogP contribution < -0.4 is 14.8 Å². The Hall–Kier alpha value is -2.81. The smallest absolute Gasteiger partial charge is 0.325 e. The number of urea groups is 1. The number of nitrogens with zero attached hydrogens (tertiary/aromatic N) is 1. The van der Waals surface area contributed by atoms with Crippen molar-refractivity contribution in [2.75, 3.05) is 26.4 Å². The van der Waals surface area contributed by atoms with Gasteiger partial charge in [0.1, 0.15) is 18.8 Å². The fraction of sp³-hybridized carbons (Fsp3) is 0.364. The molecule has 0 saturated carbocycles. The molecule has 164 valence electrons. The van der Waals surface area contributed by atoms with Crippen LogP contribution in [0.25, 0.3) is 0 Å². The molecule has 8 nitrogen and oxygen atoms in total. The number of amides is 3. The minimum atomic E-state index is -1.27. The number of fused-ring (bicyclic) bond motifs is 1. The molecule has 2 aliphatic rings. The maximum atomic E-state index is 13.1. The minimum absolute atomic E-state index is 0.0274. The number of carbonyl (C=O) groups excluding carboxylic acids is 2. The average molecular weight is 447 g/mol. The number of aliphatic hydroxyl groups is 1. The molecule has 0 unspecified atom stereocenters. The first kappa shape index (κ1) is 21.4. The monoisotopic (exact) mass is 446 g/mol. The molecule has 2 N–H and O–H groups in total. The first-order valence-corrected chi connectivity index (χ1v) is 10.3. The van der Waals surface area contributed by atoms with E-state index in [2.05, 4.69) is 5.32 Å². The van der Waals surface area contributed by atoms with Crippen LogP contribution in [0, 0.1) is 0 Å². The van der Waals surface area contributed by atoms with Crippen LogP contribution in [0.3, 0.4) is 0 Å². The van der Waals surface area contributed by atoms with Gasteiger partial charge in [-0.2, -0.15) is 0 Å². The van der Waals surface area contributed by atoms with Gasteiger partial charge in [0, 0.05) is 5.02 Å². The van der Waals surface area contributed by atoms with Crippen LogP contribution in [-0.4, -0.2) is 54.4 Å². The molecule has 9 heteroatoms. The zero-order chi connectivity index (χ0) is 22.0. The molecule has 1 saturated heterocycles. The van der Waals surface area contributed by atoms with Gasteiger partial charge in [0.25, 0.3) is 5.91 Å². The number of benzene rings is 2. The number of carbonyl (C=O) groups is 2. The highest BCUT2D eigenvalue weighted by Crippen LogP contribution is 2.36. The van der Waals surface area contributed by atoms with Gasteiger partial charge >= 0.3 is 6.03 Å². The standard InChI is InChI=1S/C22H23ClN2O6/c1-22(15-4-7-18-19(10-15)31-9-8-30-18)20(27)25(21(28)24-22)11-17(26)13-29-12-14-2-5-16(23)6-3-14/h2-7,10,17,26H,8-9,11-13H2,1H3,(H,24,28)/t17-,22+/m0/s1. The van der Waals surface area contributed by atoms with Gasteiger partial charge in [-0.05, 0) is 42.3 Å². The number of hydrogen-bond acceptors (Lipinski definition) is 6. The molecule has 31 heavy (non-hydrogen) atoms. The van der Waals surface area contributed by atoms with Gasteiger partial charge in [0.05, 0.1) is 25.9 Å². The van der Waals surface area contributed by atoms with Crippen LogP contribution in [0.1, 0.15) is 18.1 Å². The molecule has 0 bridgehead atoms. The number of ether oxygens (including phenoxy) is 3. The zero-order valence-electron chi connectivity index (χ0n) is 17.0. The lowest BCUT2D eigenvalue weighted by Gasteiger charge is -2.25. The largest absolute Gasteiger partial charge is 0.486 e. The highest BCUT2D eigenvalue weighted by molar-refractivity contribution is 6.30. The Morgan fingerprint density at radius 1 is 1.16 bits per heavy atom. The molecule has 4 rings (SSSR count). The Morgan fingerprint density at radius 2 is 1.87 bits per heavy atom. The van der Waals surface area contributed by atoms with Crippen LogP contribution in [0.15, 0.2) is 42.5 Å². The molecule has 0 aromatic heterocycles. The molecule has 2 aromatic rings. The zero-order valence-corrected chi connectivity index (χ0v) is 17.7. The SMILES string of the molecule is C[C@]1(c2ccc3c(c2)OCCO3)NC(=O)N(C[C@H](O)COCc2ccc(Cl)cc2)C1=O. The van der Waals surface area contributed by atoms with Crippen molar-refractivity contribution < 1.29 is 28.9 Å². The number of hydrogen-bond donors (Lipinski definition) is 2. The summed E-state index contributed by atoms with van der Waals surface area (Å²) in [5, 5.41) is 13.7. The van der Waals surface area contributed by atoms with E-state index in [1.807, 2.05) is 12.1 Å². The van der Waals surface area contributed by atoms with Crippen LogP contribution >= 0.6 is 11.6 Å². The van der Waals surface area contributed by atoms with Gasteiger partial charge in [0.2, 0.25) is 0 Å². The Labute approximate surface area is 184 Å². The first-order valence-electron chi connectivity index (χ1n) is 9.91. The molecule has 1 fully saturated rings. The van der Waals surface area contributed by atoms with Crippen LogP contribution in [0.4, 0.5) is 4.79 Å². The number of imide groups is 1. The topological polar surface area (TPSA) is 97.3 Å². The highest BCUT2D eigenvalue weighted by atomic mass is 35.5. The second-order valence-electron chi connectivity index (χ2n) is 7.62. The molecule has 0 spiro atoms. The third kappa shape index (κ3) is 4.46. The van der Waals surface area contributed by atoms with E-state index >= 15 is 0 Å². The number of nitrogens with one attached hydrogen (secondary N) is 1. The van der Waals surface area contributed by atoms with Crippen LogP contribution in [-0.2, 0) is 21.7 Å². The molecule has 2 heterocycles. The quantitative estimate of drug-likeness (QED) is 0.634. The lowest BCUT2D eigenvalue weighted by Crippen LogP contribution is -2.42. The van der Waals surface area contributed by atoms with Crippen LogP contribution in [0.5, 0.6) is 11.5 Å². The molecular weight excluding hydrogens is 424 g/mol. The average Bonchev–Trinajstić information content (AvgIpc) is 2.98. The normalized spacial score (nSPS) is 21.2. The van der Waals surface area contributed by atoms with E-state index in [0.717, 1.165) is 10.5 Å². The van der Waals surface area contributed by atoms with E-state index in [0.29, 0.717) is 35.3 Å². The second kappa shape index (κ2) is 8.74. The molecule has 2 atom stereocenters. The van der Waals surface area contributed by atoms with Crippen molar-refractivity contribution in [3.05, 3.63) is 58.6 Å². The molecule has 0 aliphatic carbocycles. The third-order valence-corrected chi connectivity index (χ3v) is 5.53. The minimum Gasteiger partial charge on any atom is -0.486 e. The summed E-state index contributed by atoms with van der Waals surface area (Å²) >= 11 is 5.85. The van der Waals surface area contributed by atoms with Crippen LogP contribution in [0.2, 0.25) is 5.02 Å². The van der Waals surface area contributed by atoms with Gasteiger partial charge in [-0.1, -0.05) is 29.8 Å². The number of halogens is 1. The summed E-state index contributed by atoms with van der Waals surface area (Å²) in [6, 6.07) is 11.7. The van der Waals surface area contributed by atoms with Crippen molar-refractivity contribution in [2.24, 2.45) is 0 Å². The number of β-amino-alcohol motifs (C(OH)–C–C–N with tert-alkyl or cyclic N) is 1. The summed E-state index contributed by atoms with van der Waals surface area (Å²) in [5.41, 5.74) is 0.209. The fourth-order valence-corrected chi connectivity index (χ4v) is 3.70. The maximum absolute atomic E-state index is 13.1. The van der Waals surface area contributed by atoms with Crippen molar-refractivity contribution in [3.63, 3.8) is 0 Å². The molecule has 2 aliphatic heterocycles. The Morgan fingerprint density at radius 3 is 2.61 bits per heavy atom. The van der Waals surface area contributed by atoms with E-state index in [-0.39, 0.29) is 19.8 Å². The molecule has 2 aromatic carbocycles. The Balaban J connectivity index is 1.37. The lowest BCUT2D eigenvalue weighted by atomic mass is 9.91. The van der Waals surface area contributed by atoms with Crippen molar-refractivity contribution in [1.82, 2.24) is 10.2 Å². The van der Waals surface area contributed by atoms with Gasteiger partial charge in [-0.25, -0.2) is 4.79 Å². The molecule has 3 amide bonds. The van der Waals surface area contributed by atoms with Gasteiger partial charge in [-0.15, -0.1) is 0 Å². The lowest BCUT2D eigenvalue weighted by molar-refractivity contribution is -0.132. The van der Waals surface area contributed by atoms with Crippen molar-refractivity contribution in [2.45, 2.75) is 25.2 Å². The van der Waals surface area contributed by atoms with E-state index < -0.39 is 23.6 Å². The fourth-order valence-electron chi connectivity index (χ4n) is 3.57. The van der Waals surface area contributed by atoms with Crippen molar-refractivity contribution in [1.29, 1.82) is 0 Å². The van der Waals surface area contributed by atoms with E-state index in [9.17, 15) is 14.7 Å². The van der Waals surface area contributed by atoms with Crippen molar-refractivity contribution in [3.8, 4) is 11.5 Å². The summed E-state index contributed by atoms with van der Waals surface area (Å²) < 4.78 is 16.6. The third-order valence-electron chi connectivity index (χ3n) is 5.28. The highest BCUT2D eigenvalue weighted by Gasteiger charge is 2.49.